The first-order valence-electron chi connectivity index (χ1n) is 8.28. The van der Waals surface area contributed by atoms with Crippen molar-refractivity contribution in [1.82, 2.24) is 5.32 Å². The summed E-state index contributed by atoms with van der Waals surface area (Å²) >= 11 is 0. The van der Waals surface area contributed by atoms with E-state index >= 15 is 0 Å². The van der Waals surface area contributed by atoms with E-state index in [1.54, 1.807) is 0 Å². The van der Waals surface area contributed by atoms with Crippen LogP contribution >= 0.6 is 0 Å². The Bertz CT molecular complexity index is 290. The van der Waals surface area contributed by atoms with Crippen LogP contribution in [0.2, 0.25) is 0 Å². The smallest absolute Gasteiger partial charge is 0.00928 e. The third-order valence-electron chi connectivity index (χ3n) is 5.72. The lowest BCUT2D eigenvalue weighted by Gasteiger charge is -2.32. The molecule has 18 heavy (non-hydrogen) atoms. The maximum Gasteiger partial charge on any atom is 0.00928 e. The van der Waals surface area contributed by atoms with E-state index in [1.165, 1.54) is 57.9 Å². The van der Waals surface area contributed by atoms with Gasteiger partial charge in [0, 0.05) is 6.04 Å². The molecular weight excluding hydrogens is 218 g/mol. The fourth-order valence-corrected chi connectivity index (χ4v) is 4.61. The zero-order valence-corrected chi connectivity index (χ0v) is 11.9. The summed E-state index contributed by atoms with van der Waals surface area (Å²) in [5.74, 6) is 3.75. The summed E-state index contributed by atoms with van der Waals surface area (Å²) in [7, 11) is 0. The van der Waals surface area contributed by atoms with Crippen LogP contribution in [0.25, 0.3) is 0 Å². The second-order valence-corrected chi connectivity index (χ2v) is 6.86. The van der Waals surface area contributed by atoms with E-state index in [1.807, 2.05) is 0 Å². The fraction of sp³-hybridized carbons (Fsp3) is 0.882. The summed E-state index contributed by atoms with van der Waals surface area (Å²) in [6.45, 7) is 3.65. The van der Waals surface area contributed by atoms with Gasteiger partial charge in [0.1, 0.15) is 0 Å². The molecule has 0 aromatic rings. The molecule has 0 radical (unpaired) electrons. The van der Waals surface area contributed by atoms with Crippen molar-refractivity contribution in [2.45, 2.75) is 64.3 Å². The molecule has 2 bridgehead atoms. The van der Waals surface area contributed by atoms with Crippen LogP contribution in [-0.2, 0) is 0 Å². The third kappa shape index (κ3) is 2.66. The molecule has 3 aliphatic carbocycles. The zero-order chi connectivity index (χ0) is 12.4. The largest absolute Gasteiger partial charge is 0.313 e. The number of nitrogens with one attached hydrogen (secondary N) is 1. The van der Waals surface area contributed by atoms with Crippen molar-refractivity contribution in [3.63, 3.8) is 0 Å². The van der Waals surface area contributed by atoms with Crippen molar-refractivity contribution in [3.8, 4) is 0 Å². The maximum atomic E-state index is 3.93. The molecule has 1 N–H and O–H groups in total. The van der Waals surface area contributed by atoms with Crippen molar-refractivity contribution in [3.05, 3.63) is 12.2 Å². The Balaban J connectivity index is 1.47. The Morgan fingerprint density at radius 1 is 1.11 bits per heavy atom. The van der Waals surface area contributed by atoms with E-state index in [9.17, 15) is 0 Å². The van der Waals surface area contributed by atoms with E-state index in [-0.39, 0.29) is 0 Å². The van der Waals surface area contributed by atoms with Crippen LogP contribution in [0.15, 0.2) is 12.2 Å². The molecule has 0 spiro atoms. The Kier molecular flexibility index (Phi) is 4.08. The van der Waals surface area contributed by atoms with Crippen LogP contribution in [0.4, 0.5) is 0 Å². The topological polar surface area (TPSA) is 12.0 Å². The highest BCUT2D eigenvalue weighted by Crippen LogP contribution is 2.43. The molecule has 4 unspecified atom stereocenters. The van der Waals surface area contributed by atoms with Crippen molar-refractivity contribution < 1.29 is 0 Å². The summed E-state index contributed by atoms with van der Waals surface area (Å²) in [4.78, 5) is 0. The molecule has 1 heteroatoms. The van der Waals surface area contributed by atoms with Crippen LogP contribution in [0.3, 0.4) is 0 Å². The van der Waals surface area contributed by atoms with Crippen molar-refractivity contribution in [2.75, 3.05) is 6.54 Å². The third-order valence-corrected chi connectivity index (χ3v) is 5.72. The van der Waals surface area contributed by atoms with Crippen LogP contribution in [0.5, 0.6) is 0 Å². The Morgan fingerprint density at radius 3 is 2.56 bits per heavy atom. The van der Waals surface area contributed by atoms with E-state index in [2.05, 4.69) is 24.4 Å². The molecule has 2 saturated carbocycles. The lowest BCUT2D eigenvalue weighted by Crippen LogP contribution is -2.40. The number of hydrogen-bond acceptors (Lipinski definition) is 1. The fourth-order valence-electron chi connectivity index (χ4n) is 4.61. The molecule has 102 valence electrons. The average Bonchev–Trinajstić information content (AvgIpc) is 3.03. The molecule has 4 atom stereocenters. The minimum Gasteiger partial charge on any atom is -0.313 e. The van der Waals surface area contributed by atoms with Gasteiger partial charge in [0.15, 0.2) is 0 Å². The van der Waals surface area contributed by atoms with Gasteiger partial charge in [-0.1, -0.05) is 38.3 Å². The van der Waals surface area contributed by atoms with E-state index < -0.39 is 0 Å². The van der Waals surface area contributed by atoms with Gasteiger partial charge >= 0.3 is 0 Å². The number of allylic oxidation sites excluding steroid dienone is 2. The van der Waals surface area contributed by atoms with Gasteiger partial charge in [-0.05, 0) is 62.3 Å². The molecule has 0 aromatic carbocycles. The Hall–Kier alpha value is -0.300. The van der Waals surface area contributed by atoms with E-state index in [0.717, 1.165) is 29.7 Å². The van der Waals surface area contributed by atoms with E-state index in [4.69, 9.17) is 0 Å². The summed E-state index contributed by atoms with van der Waals surface area (Å²) in [6, 6.07) is 0.799. The van der Waals surface area contributed by atoms with Gasteiger partial charge in [0.2, 0.25) is 0 Å². The van der Waals surface area contributed by atoms with Crippen molar-refractivity contribution >= 4 is 0 Å². The molecular formula is C17H29N. The standard InChI is InChI=1S/C17H29N/c1-2-17(14-6-4-3-5-7-14)18-12-16-11-13-8-9-15(16)10-13/h8-9,13-18H,2-7,10-12H2,1H3. The highest BCUT2D eigenvalue weighted by molar-refractivity contribution is 5.10. The lowest BCUT2D eigenvalue weighted by molar-refractivity contribution is 0.248. The van der Waals surface area contributed by atoms with E-state index in [0.29, 0.717) is 0 Å². The monoisotopic (exact) mass is 247 g/mol. The quantitative estimate of drug-likeness (QED) is 0.720. The normalized spacial score (nSPS) is 37.3. The number of hydrogen-bond donors (Lipinski definition) is 1. The second kappa shape index (κ2) is 5.77. The number of rotatable bonds is 5. The summed E-state index contributed by atoms with van der Waals surface area (Å²) < 4.78 is 0. The molecule has 2 fully saturated rings. The Labute approximate surface area is 112 Å². The first kappa shape index (κ1) is 12.7. The molecule has 1 nitrogen and oxygen atoms in total. The molecule has 3 rings (SSSR count). The lowest BCUT2D eigenvalue weighted by atomic mass is 9.82. The zero-order valence-electron chi connectivity index (χ0n) is 11.9. The van der Waals surface area contributed by atoms with Crippen LogP contribution in [-0.4, -0.2) is 12.6 Å². The molecule has 0 heterocycles. The van der Waals surface area contributed by atoms with Crippen molar-refractivity contribution in [2.24, 2.45) is 23.7 Å². The van der Waals surface area contributed by atoms with Crippen LogP contribution in [0.1, 0.15) is 58.3 Å². The first-order chi connectivity index (χ1) is 8.86. The van der Waals surface area contributed by atoms with Crippen LogP contribution in [0, 0.1) is 23.7 Å². The van der Waals surface area contributed by atoms with Gasteiger partial charge in [-0.3, -0.25) is 0 Å². The maximum absolute atomic E-state index is 3.93. The average molecular weight is 247 g/mol. The number of fused-ring (bicyclic) bond motifs is 2. The summed E-state index contributed by atoms with van der Waals surface area (Å²) in [5.41, 5.74) is 0. The van der Waals surface area contributed by atoms with Gasteiger partial charge < -0.3 is 5.32 Å². The first-order valence-corrected chi connectivity index (χ1v) is 8.28. The molecule has 0 aliphatic heterocycles. The second-order valence-electron chi connectivity index (χ2n) is 6.86. The van der Waals surface area contributed by atoms with Crippen molar-refractivity contribution in [1.29, 1.82) is 0 Å². The summed E-state index contributed by atoms with van der Waals surface area (Å²) in [5, 5.41) is 3.93. The van der Waals surface area contributed by atoms with Gasteiger partial charge in [-0.2, -0.15) is 0 Å². The molecule has 0 aromatic heterocycles. The predicted octanol–water partition coefficient (Wildman–Crippen LogP) is 4.15. The Morgan fingerprint density at radius 2 is 1.94 bits per heavy atom. The SMILES string of the molecule is CCC(NCC1CC2C=CC1C2)C1CCCCC1. The molecule has 0 saturated heterocycles. The van der Waals surface area contributed by atoms with Gasteiger partial charge in [-0.25, -0.2) is 0 Å². The minimum absolute atomic E-state index is 0.799. The van der Waals surface area contributed by atoms with Gasteiger partial charge in [-0.15, -0.1) is 0 Å². The predicted molar refractivity (Wildman–Crippen MR) is 77.5 cm³/mol. The summed E-state index contributed by atoms with van der Waals surface area (Å²) in [6.07, 6.45) is 16.5. The van der Waals surface area contributed by atoms with Gasteiger partial charge in [0.25, 0.3) is 0 Å². The van der Waals surface area contributed by atoms with Gasteiger partial charge in [0.05, 0.1) is 0 Å². The highest BCUT2D eigenvalue weighted by Gasteiger charge is 2.35. The minimum atomic E-state index is 0.799. The molecule has 3 aliphatic rings. The highest BCUT2D eigenvalue weighted by atomic mass is 14.9. The molecule has 0 amide bonds. The van der Waals surface area contributed by atoms with Crippen LogP contribution < -0.4 is 5.32 Å².